The number of aryl methyl sites for hydroxylation is 1. The molecule has 0 fully saturated rings. The number of carbonyl (C=O) groups is 2. The number of carbonyl (C=O) groups excluding carboxylic acids is 2. The number of carboxylic acid groups (broad SMARTS) is 1. The number of nitrogens with one attached hydrogen (secondary N) is 1. The maximum absolute atomic E-state index is 13.6. The molecule has 1 aromatic carbocycles. The molecule has 0 bridgehead atoms. The number of halogens is 1. The number of aliphatic hydroxyl groups is 2. The van der Waals surface area contributed by atoms with Crippen molar-refractivity contribution < 1.29 is 58.9 Å². The van der Waals surface area contributed by atoms with Gasteiger partial charge in [0.1, 0.15) is 5.82 Å². The number of hydrogen-bond donors (Lipinski definition) is 3. The Bertz CT molecular complexity index is 1260. The zero-order valence-electron chi connectivity index (χ0n) is 21.9. The monoisotopic (exact) mass is 532 g/mol. The second-order valence-electron chi connectivity index (χ2n) is 9.07. The van der Waals surface area contributed by atoms with Crippen LogP contribution in [0.15, 0.2) is 48.7 Å². The van der Waals surface area contributed by atoms with Gasteiger partial charge in [-0.2, -0.15) is 5.10 Å². The summed E-state index contributed by atoms with van der Waals surface area (Å²) in [7, 11) is 0. The minimum Gasteiger partial charge on any atom is -0.550 e. The average Bonchev–Trinajstić information content (AvgIpc) is 3.22. The number of aliphatic hydroxyl groups excluding tert-OH is 2. The van der Waals surface area contributed by atoms with Crippen molar-refractivity contribution >= 4 is 18.0 Å². The summed E-state index contributed by atoms with van der Waals surface area (Å²) >= 11 is 0. The Morgan fingerprint density at radius 2 is 1.84 bits per heavy atom. The van der Waals surface area contributed by atoms with Crippen LogP contribution in [0.3, 0.4) is 0 Å². The van der Waals surface area contributed by atoms with Gasteiger partial charge in [-0.25, -0.2) is 9.07 Å². The Morgan fingerprint density at radius 3 is 2.42 bits per heavy atom. The fraction of sp³-hybridized carbons (Fsp3) is 0.333. The van der Waals surface area contributed by atoms with Gasteiger partial charge >= 0.3 is 29.6 Å². The second-order valence-corrected chi connectivity index (χ2v) is 9.07. The summed E-state index contributed by atoms with van der Waals surface area (Å²) in [5.74, 6) is -2.42. The minimum absolute atomic E-state index is 0. The normalized spacial score (nSPS) is 12.8. The summed E-state index contributed by atoms with van der Waals surface area (Å²) < 4.78 is 15.1. The van der Waals surface area contributed by atoms with Crippen molar-refractivity contribution in [1.82, 2.24) is 20.1 Å². The quantitative estimate of drug-likeness (QED) is 0.270. The van der Waals surface area contributed by atoms with Crippen molar-refractivity contribution in [1.29, 1.82) is 0 Å². The molecule has 2 aromatic heterocycles. The van der Waals surface area contributed by atoms with E-state index < -0.39 is 36.3 Å². The van der Waals surface area contributed by atoms with Crippen LogP contribution in [0.2, 0.25) is 0 Å². The summed E-state index contributed by atoms with van der Waals surface area (Å²) in [5.41, 5.74) is 3.43. The average molecular weight is 533 g/mol. The molecular formula is C27H30FN4NaO5. The van der Waals surface area contributed by atoms with Crippen molar-refractivity contribution in [2.45, 2.75) is 58.3 Å². The maximum Gasteiger partial charge on any atom is 1.00 e. The van der Waals surface area contributed by atoms with E-state index in [1.54, 1.807) is 12.3 Å². The van der Waals surface area contributed by atoms with Crippen LogP contribution in [0.1, 0.15) is 65.6 Å². The van der Waals surface area contributed by atoms with Crippen LogP contribution in [-0.4, -0.2) is 49.1 Å². The number of benzene rings is 1. The van der Waals surface area contributed by atoms with Gasteiger partial charge in [0.2, 0.25) is 0 Å². The molecule has 0 saturated carbocycles. The van der Waals surface area contributed by atoms with Crippen LogP contribution in [0.5, 0.6) is 0 Å². The molecule has 3 N–H and O–H groups in total. The number of aromatic nitrogens is 3. The zero-order chi connectivity index (χ0) is 27.1. The van der Waals surface area contributed by atoms with Crippen LogP contribution in [0.25, 0.3) is 11.8 Å². The van der Waals surface area contributed by atoms with Gasteiger partial charge in [-0.05, 0) is 54.8 Å². The smallest absolute Gasteiger partial charge is 0.550 e. The molecule has 38 heavy (non-hydrogen) atoms. The van der Waals surface area contributed by atoms with Crippen molar-refractivity contribution in [2.75, 3.05) is 0 Å². The first-order chi connectivity index (χ1) is 17.5. The first kappa shape index (κ1) is 31.3. The largest absolute Gasteiger partial charge is 1.00 e. The van der Waals surface area contributed by atoms with Gasteiger partial charge in [-0.3, -0.25) is 9.78 Å². The zero-order valence-corrected chi connectivity index (χ0v) is 23.9. The fourth-order valence-corrected chi connectivity index (χ4v) is 3.82. The van der Waals surface area contributed by atoms with Gasteiger partial charge < -0.3 is 25.4 Å². The van der Waals surface area contributed by atoms with E-state index in [4.69, 9.17) is 0 Å². The van der Waals surface area contributed by atoms with Crippen LogP contribution < -0.4 is 40.0 Å². The summed E-state index contributed by atoms with van der Waals surface area (Å²) in [5, 5.41) is 38.2. The molecule has 2 atom stereocenters. The third-order valence-electron chi connectivity index (χ3n) is 5.64. The van der Waals surface area contributed by atoms with E-state index in [-0.39, 0.29) is 54.1 Å². The van der Waals surface area contributed by atoms with Crippen LogP contribution in [0.4, 0.5) is 4.39 Å². The Balaban J connectivity index is 0.00000507. The number of aliphatic carboxylic acids is 1. The van der Waals surface area contributed by atoms with Gasteiger partial charge in [0.25, 0.3) is 5.91 Å². The molecule has 0 aliphatic carbocycles. The molecule has 3 aromatic rings. The summed E-state index contributed by atoms with van der Waals surface area (Å²) in [6.07, 6.45) is 1.36. The Kier molecular flexibility index (Phi) is 11.8. The fourth-order valence-electron chi connectivity index (χ4n) is 3.82. The van der Waals surface area contributed by atoms with Gasteiger partial charge in [-0.15, -0.1) is 0 Å². The topological polar surface area (TPSA) is 140 Å². The van der Waals surface area contributed by atoms with E-state index in [2.05, 4.69) is 15.4 Å². The maximum atomic E-state index is 13.6. The number of pyridine rings is 1. The van der Waals surface area contributed by atoms with Gasteiger partial charge in [0, 0.05) is 42.8 Å². The SMILES string of the molecule is Cc1ccc(CNC(=O)c2nn(-c3ccc(F)cc3)c(/C=C/[C@@H](O)C[C@@H](O)CC(=O)[O-])c2C(C)C)cn1.[Na+]. The molecule has 0 aliphatic heterocycles. The van der Waals surface area contributed by atoms with Crippen LogP contribution >= 0.6 is 0 Å². The molecular weight excluding hydrogens is 502 g/mol. The number of rotatable bonds is 11. The summed E-state index contributed by atoms with van der Waals surface area (Å²) in [4.78, 5) is 28.1. The predicted molar refractivity (Wildman–Crippen MR) is 133 cm³/mol. The van der Waals surface area contributed by atoms with Crippen molar-refractivity contribution in [3.8, 4) is 5.69 Å². The molecule has 3 rings (SSSR count). The molecule has 196 valence electrons. The van der Waals surface area contributed by atoms with Gasteiger partial charge in [0.15, 0.2) is 5.69 Å². The Morgan fingerprint density at radius 1 is 1.16 bits per heavy atom. The van der Waals surface area contributed by atoms with E-state index in [9.17, 15) is 29.3 Å². The molecule has 0 spiro atoms. The summed E-state index contributed by atoms with van der Waals surface area (Å²) in [6, 6.07) is 9.30. The minimum atomic E-state index is -1.42. The van der Waals surface area contributed by atoms with E-state index in [0.717, 1.165) is 11.3 Å². The molecule has 0 unspecified atom stereocenters. The Hall–Kier alpha value is -2.89. The first-order valence-corrected chi connectivity index (χ1v) is 11.9. The van der Waals surface area contributed by atoms with E-state index in [1.807, 2.05) is 32.9 Å². The molecule has 1 amide bonds. The van der Waals surface area contributed by atoms with Crippen molar-refractivity contribution in [2.24, 2.45) is 0 Å². The molecule has 9 nitrogen and oxygen atoms in total. The third-order valence-corrected chi connectivity index (χ3v) is 5.64. The molecule has 0 radical (unpaired) electrons. The standard InChI is InChI=1S/C27H31FN4O5.Na/c1-16(2)25-23(11-10-21(33)12-22(34)13-24(35)36)32(20-8-6-19(28)7-9-20)31-26(25)27(37)30-15-18-5-4-17(3)29-14-18;/h4-11,14,16,21-22,33-34H,12-13,15H2,1-3H3,(H,30,37)(H,35,36);/q;+1/p-1/b11-10+;/t21-,22-;/m1./s1. The molecule has 0 saturated heterocycles. The number of amides is 1. The van der Waals surface area contributed by atoms with Crippen molar-refractivity contribution in [3.63, 3.8) is 0 Å². The van der Waals surface area contributed by atoms with Gasteiger partial charge in [-0.1, -0.05) is 26.0 Å². The van der Waals surface area contributed by atoms with Gasteiger partial charge in [0.05, 0.1) is 23.6 Å². The van der Waals surface area contributed by atoms with Crippen molar-refractivity contribution in [3.05, 3.63) is 82.7 Å². The van der Waals surface area contributed by atoms with E-state index in [0.29, 0.717) is 16.9 Å². The first-order valence-electron chi connectivity index (χ1n) is 11.9. The van der Waals surface area contributed by atoms with Crippen LogP contribution in [0, 0.1) is 12.7 Å². The van der Waals surface area contributed by atoms with E-state index >= 15 is 0 Å². The molecule has 0 aliphatic rings. The third kappa shape index (κ3) is 8.57. The van der Waals surface area contributed by atoms with Crippen LogP contribution in [-0.2, 0) is 11.3 Å². The summed E-state index contributed by atoms with van der Waals surface area (Å²) in [6.45, 7) is 5.90. The number of nitrogens with zero attached hydrogens (tertiary/aromatic N) is 3. The predicted octanol–water partition coefficient (Wildman–Crippen LogP) is -0.963. The number of carboxylic acids is 1. The second kappa shape index (κ2) is 14.3. The Labute approximate surface area is 242 Å². The molecule has 11 heteroatoms. The van der Waals surface area contributed by atoms with E-state index in [1.165, 1.54) is 35.0 Å². The number of hydrogen-bond acceptors (Lipinski definition) is 7. The molecule has 2 heterocycles.